The maximum absolute atomic E-state index is 13.2. The first-order valence-corrected chi connectivity index (χ1v) is 14.9. The molecule has 0 bridgehead atoms. The van der Waals surface area contributed by atoms with E-state index < -0.39 is 18.2 Å². The number of nitrogens with zero attached hydrogens (tertiary/aromatic N) is 6. The van der Waals surface area contributed by atoms with Crippen molar-refractivity contribution in [3.05, 3.63) is 77.3 Å². The second-order valence-electron chi connectivity index (χ2n) is 10.7. The van der Waals surface area contributed by atoms with Crippen LogP contribution in [0.15, 0.2) is 66.2 Å². The van der Waals surface area contributed by atoms with Crippen LogP contribution in [-0.4, -0.2) is 55.7 Å². The second-order valence-corrected chi connectivity index (χ2v) is 10.7. The molecule has 5 rings (SSSR count). The van der Waals surface area contributed by atoms with Crippen molar-refractivity contribution in [2.75, 3.05) is 18.1 Å². The number of aromatic amines is 1. The minimum absolute atomic E-state index is 0.0129. The van der Waals surface area contributed by atoms with Crippen LogP contribution in [0.3, 0.4) is 0 Å². The summed E-state index contributed by atoms with van der Waals surface area (Å²) in [5.41, 5.74) is 4.99. The van der Waals surface area contributed by atoms with Gasteiger partial charge in [-0.25, -0.2) is 19.4 Å². The number of hydrogen-bond donors (Lipinski definition) is 1. The van der Waals surface area contributed by atoms with E-state index in [2.05, 4.69) is 32.6 Å². The second kappa shape index (κ2) is 13.5. The van der Waals surface area contributed by atoms with Crippen LogP contribution in [0, 0.1) is 5.92 Å². The van der Waals surface area contributed by atoms with E-state index in [4.69, 9.17) is 14.2 Å². The number of aromatic nitrogens is 6. The highest BCUT2D eigenvalue weighted by Crippen LogP contribution is 2.44. The summed E-state index contributed by atoms with van der Waals surface area (Å²) in [6.07, 6.45) is 2.14. The number of esters is 1. The molecule has 0 saturated heterocycles. The van der Waals surface area contributed by atoms with Gasteiger partial charge < -0.3 is 19.1 Å². The number of benzene rings is 2. The fourth-order valence-electron chi connectivity index (χ4n) is 5.52. The predicted molar refractivity (Wildman–Crippen MR) is 163 cm³/mol. The first kappa shape index (κ1) is 30.5. The van der Waals surface area contributed by atoms with Gasteiger partial charge in [-0.15, -0.1) is 5.10 Å². The standard InChI is InChI=1S/C32H37N7O5/c1-6-11-26-28(44-32(41)43-8-3)27(20(4)5)39-30(25(18-33-39)31(40)42-7-2)38(26)19-21-14-16-22(17-15-21)23-12-9-10-13-24(23)29-34-36-37-35-29/h9-10,12-18,20,27H,6-8,11,19H2,1-5H3,(H,34,35,36,37). The molecule has 12 heteroatoms. The molecular formula is C32H37N7O5. The molecule has 4 aromatic rings. The SMILES string of the molecule is CCCC1=C(OC(=O)OCC)C(C(C)C)n2ncc(C(=O)OCC)c2N1Cc1ccc(-c2ccccc2-c2nnn[nH]2)cc1. The molecule has 3 heterocycles. The Balaban J connectivity index is 1.59. The summed E-state index contributed by atoms with van der Waals surface area (Å²) in [5, 5.41) is 19.0. The Labute approximate surface area is 256 Å². The first-order valence-electron chi connectivity index (χ1n) is 14.9. The van der Waals surface area contributed by atoms with E-state index >= 15 is 0 Å². The van der Waals surface area contributed by atoms with Crippen LogP contribution in [0.25, 0.3) is 22.5 Å². The van der Waals surface area contributed by atoms with Crippen molar-refractivity contribution in [3.8, 4) is 22.5 Å². The van der Waals surface area contributed by atoms with Crippen molar-refractivity contribution in [1.82, 2.24) is 30.4 Å². The van der Waals surface area contributed by atoms with Crippen LogP contribution in [0.4, 0.5) is 10.6 Å². The summed E-state index contributed by atoms with van der Waals surface area (Å²) in [6.45, 7) is 10.4. The number of ether oxygens (including phenoxy) is 3. The minimum Gasteiger partial charge on any atom is -0.462 e. The number of carbonyl (C=O) groups is 2. The highest BCUT2D eigenvalue weighted by molar-refractivity contribution is 5.95. The van der Waals surface area contributed by atoms with E-state index in [0.717, 1.165) is 34.4 Å². The third kappa shape index (κ3) is 6.05. The molecule has 0 fully saturated rings. The summed E-state index contributed by atoms with van der Waals surface area (Å²) in [4.78, 5) is 27.8. The Kier molecular flexibility index (Phi) is 9.37. The molecule has 44 heavy (non-hydrogen) atoms. The topological polar surface area (TPSA) is 137 Å². The van der Waals surface area contributed by atoms with Crippen molar-refractivity contribution in [3.63, 3.8) is 0 Å². The van der Waals surface area contributed by atoms with Crippen molar-refractivity contribution in [2.45, 2.75) is 60.0 Å². The highest BCUT2D eigenvalue weighted by Gasteiger charge is 2.40. The number of rotatable bonds is 11. The molecule has 1 atom stereocenters. The molecule has 12 nitrogen and oxygen atoms in total. The monoisotopic (exact) mass is 599 g/mol. The number of fused-ring (bicyclic) bond motifs is 1. The average molecular weight is 600 g/mol. The Morgan fingerprint density at radius 3 is 2.34 bits per heavy atom. The van der Waals surface area contributed by atoms with Crippen molar-refractivity contribution in [1.29, 1.82) is 0 Å². The minimum atomic E-state index is -0.770. The summed E-state index contributed by atoms with van der Waals surface area (Å²) >= 11 is 0. The molecule has 2 aromatic heterocycles. The van der Waals surface area contributed by atoms with Crippen LogP contribution in [0.5, 0.6) is 0 Å². The molecular weight excluding hydrogens is 562 g/mol. The zero-order chi connectivity index (χ0) is 31.2. The van der Waals surface area contributed by atoms with Crippen molar-refractivity contribution < 1.29 is 23.8 Å². The van der Waals surface area contributed by atoms with Crippen LogP contribution < -0.4 is 4.90 Å². The van der Waals surface area contributed by atoms with Gasteiger partial charge in [0.25, 0.3) is 0 Å². The van der Waals surface area contributed by atoms with Gasteiger partial charge in [-0.3, -0.25) is 0 Å². The third-order valence-corrected chi connectivity index (χ3v) is 7.37. The number of hydrogen-bond acceptors (Lipinski definition) is 10. The van der Waals surface area contributed by atoms with Gasteiger partial charge in [0, 0.05) is 12.1 Å². The lowest BCUT2D eigenvalue weighted by Crippen LogP contribution is -2.38. The number of carbonyl (C=O) groups excluding carboxylic acids is 2. The third-order valence-electron chi connectivity index (χ3n) is 7.37. The lowest BCUT2D eigenvalue weighted by molar-refractivity contribution is 0.0524. The van der Waals surface area contributed by atoms with E-state index in [1.807, 2.05) is 67.3 Å². The zero-order valence-electron chi connectivity index (χ0n) is 25.6. The van der Waals surface area contributed by atoms with Gasteiger partial charge in [-0.2, -0.15) is 5.10 Å². The van der Waals surface area contributed by atoms with Gasteiger partial charge in [-0.05, 0) is 53.3 Å². The van der Waals surface area contributed by atoms with Crippen molar-refractivity contribution in [2.24, 2.45) is 5.92 Å². The first-order chi connectivity index (χ1) is 21.4. The number of allylic oxidation sites excluding steroid dienone is 2. The molecule has 0 spiro atoms. The van der Waals surface area contributed by atoms with Gasteiger partial charge in [0.1, 0.15) is 17.4 Å². The normalized spacial score (nSPS) is 14.5. The quantitative estimate of drug-likeness (QED) is 0.195. The predicted octanol–water partition coefficient (Wildman–Crippen LogP) is 6.31. The number of H-pyrrole nitrogens is 1. The van der Waals surface area contributed by atoms with Gasteiger partial charge in [0.15, 0.2) is 11.6 Å². The molecule has 2 aromatic carbocycles. The van der Waals surface area contributed by atoms with Crippen LogP contribution in [0.1, 0.15) is 69.4 Å². The molecule has 1 N–H and O–H groups in total. The van der Waals surface area contributed by atoms with E-state index in [9.17, 15) is 9.59 Å². The van der Waals surface area contributed by atoms with Crippen LogP contribution >= 0.6 is 0 Å². The van der Waals surface area contributed by atoms with Gasteiger partial charge in [-0.1, -0.05) is 75.7 Å². The van der Waals surface area contributed by atoms with Gasteiger partial charge in [0.05, 0.1) is 25.1 Å². The van der Waals surface area contributed by atoms with E-state index in [1.165, 1.54) is 6.20 Å². The number of anilines is 1. The zero-order valence-corrected chi connectivity index (χ0v) is 25.6. The summed E-state index contributed by atoms with van der Waals surface area (Å²) < 4.78 is 18.3. The largest absolute Gasteiger partial charge is 0.513 e. The average Bonchev–Trinajstić information content (AvgIpc) is 3.70. The Bertz CT molecular complexity index is 1630. The Hall–Kier alpha value is -5.00. The molecule has 1 aliphatic rings. The lowest BCUT2D eigenvalue weighted by Gasteiger charge is -2.39. The van der Waals surface area contributed by atoms with Crippen LogP contribution in [0.2, 0.25) is 0 Å². The van der Waals surface area contributed by atoms with E-state index in [-0.39, 0.29) is 19.1 Å². The maximum Gasteiger partial charge on any atom is 0.513 e. The number of nitrogens with one attached hydrogen (secondary N) is 1. The summed E-state index contributed by atoms with van der Waals surface area (Å²) in [5.74, 6) is 1.19. The fraction of sp³-hybridized carbons (Fsp3) is 0.375. The fourth-order valence-corrected chi connectivity index (χ4v) is 5.52. The molecule has 0 saturated carbocycles. The molecule has 1 aliphatic heterocycles. The van der Waals surface area contributed by atoms with E-state index in [1.54, 1.807) is 18.5 Å². The highest BCUT2D eigenvalue weighted by atomic mass is 16.7. The van der Waals surface area contributed by atoms with Crippen molar-refractivity contribution >= 4 is 17.9 Å². The lowest BCUT2D eigenvalue weighted by atomic mass is 9.96. The number of tetrazole rings is 1. The molecule has 0 aliphatic carbocycles. The molecule has 230 valence electrons. The van der Waals surface area contributed by atoms with Gasteiger partial charge in [0.2, 0.25) is 0 Å². The van der Waals surface area contributed by atoms with E-state index in [0.29, 0.717) is 35.9 Å². The van der Waals surface area contributed by atoms with Gasteiger partial charge >= 0.3 is 12.1 Å². The maximum atomic E-state index is 13.2. The summed E-state index contributed by atoms with van der Waals surface area (Å²) in [7, 11) is 0. The smallest absolute Gasteiger partial charge is 0.462 e. The molecule has 0 radical (unpaired) electrons. The Morgan fingerprint density at radius 1 is 0.977 bits per heavy atom. The molecule has 1 unspecified atom stereocenters. The molecule has 0 amide bonds. The summed E-state index contributed by atoms with van der Waals surface area (Å²) in [6, 6.07) is 15.6. The van der Waals surface area contributed by atoms with Crippen LogP contribution in [-0.2, 0) is 20.8 Å². The Morgan fingerprint density at radius 2 is 1.70 bits per heavy atom.